The first-order valence-electron chi connectivity index (χ1n) is 8.77. The predicted molar refractivity (Wildman–Crippen MR) is 86.4 cm³/mol. The van der Waals surface area contributed by atoms with Crippen LogP contribution in [0.3, 0.4) is 0 Å². The zero-order valence-corrected chi connectivity index (χ0v) is 13.7. The normalized spacial score (nSPS) is 40.8. The van der Waals surface area contributed by atoms with Crippen molar-refractivity contribution in [2.24, 2.45) is 23.7 Å². The molecule has 0 saturated heterocycles. The van der Waals surface area contributed by atoms with Crippen LogP contribution in [0.5, 0.6) is 0 Å². The van der Waals surface area contributed by atoms with Gasteiger partial charge in [0.15, 0.2) is 0 Å². The molecule has 1 heteroatoms. The Labute approximate surface area is 128 Å². The summed E-state index contributed by atoms with van der Waals surface area (Å²) in [7, 11) is 0. The summed E-state index contributed by atoms with van der Waals surface area (Å²) in [5, 5.41) is 11.4. The molecule has 1 aromatic rings. The summed E-state index contributed by atoms with van der Waals surface area (Å²) in [5.74, 6) is 3.18. The summed E-state index contributed by atoms with van der Waals surface area (Å²) in [6.45, 7) is 6.59. The first-order chi connectivity index (χ1) is 9.98. The second-order valence-electron chi connectivity index (χ2n) is 8.22. The molecule has 21 heavy (non-hydrogen) atoms. The molecule has 0 aromatic heterocycles. The molecule has 5 unspecified atom stereocenters. The summed E-state index contributed by atoms with van der Waals surface area (Å²) in [6.07, 6.45) is 7.46. The number of benzene rings is 1. The largest absolute Gasteiger partial charge is 0.389 e. The van der Waals surface area contributed by atoms with Crippen molar-refractivity contribution in [1.82, 2.24) is 0 Å². The van der Waals surface area contributed by atoms with E-state index in [2.05, 4.69) is 32.9 Å². The van der Waals surface area contributed by atoms with E-state index in [1.807, 2.05) is 0 Å². The average Bonchev–Trinajstić information content (AvgIpc) is 3.04. The molecule has 3 aliphatic rings. The summed E-state index contributed by atoms with van der Waals surface area (Å²) < 4.78 is 0. The predicted octanol–water partition coefficient (Wildman–Crippen LogP) is 4.34. The lowest BCUT2D eigenvalue weighted by molar-refractivity contribution is -0.0452. The first kappa shape index (κ1) is 13.8. The Morgan fingerprint density at radius 2 is 1.76 bits per heavy atom. The van der Waals surface area contributed by atoms with E-state index in [0.29, 0.717) is 5.92 Å². The molecule has 0 heterocycles. The quantitative estimate of drug-likeness (QED) is 0.856. The minimum Gasteiger partial charge on any atom is -0.389 e. The van der Waals surface area contributed by atoms with Crippen molar-refractivity contribution in [2.45, 2.75) is 64.9 Å². The smallest absolute Gasteiger partial charge is 0.0721 e. The molecule has 0 radical (unpaired) electrons. The second-order valence-corrected chi connectivity index (χ2v) is 8.22. The molecule has 0 aliphatic heterocycles. The topological polar surface area (TPSA) is 20.2 Å². The Morgan fingerprint density at radius 3 is 2.48 bits per heavy atom. The number of rotatable bonds is 2. The van der Waals surface area contributed by atoms with Gasteiger partial charge in [0, 0.05) is 6.42 Å². The molecule has 3 saturated carbocycles. The van der Waals surface area contributed by atoms with E-state index >= 15 is 0 Å². The second kappa shape index (κ2) is 4.59. The van der Waals surface area contributed by atoms with Crippen molar-refractivity contribution in [3.8, 4) is 0 Å². The van der Waals surface area contributed by atoms with Crippen LogP contribution in [0.2, 0.25) is 0 Å². The van der Waals surface area contributed by atoms with Crippen molar-refractivity contribution in [3.05, 3.63) is 34.4 Å². The van der Waals surface area contributed by atoms with Crippen LogP contribution in [0.1, 0.15) is 54.4 Å². The molecule has 3 fully saturated rings. The van der Waals surface area contributed by atoms with Crippen LogP contribution in [-0.4, -0.2) is 10.7 Å². The Kier molecular flexibility index (Phi) is 3.02. The van der Waals surface area contributed by atoms with Crippen molar-refractivity contribution in [3.63, 3.8) is 0 Å². The van der Waals surface area contributed by atoms with Crippen LogP contribution in [-0.2, 0) is 6.42 Å². The zero-order chi connectivity index (χ0) is 14.8. The molecular weight excluding hydrogens is 256 g/mol. The van der Waals surface area contributed by atoms with Gasteiger partial charge in [-0.05, 0) is 86.8 Å². The lowest BCUT2D eigenvalue weighted by Crippen LogP contribution is -2.43. The van der Waals surface area contributed by atoms with E-state index in [1.165, 1.54) is 47.9 Å². The van der Waals surface area contributed by atoms with Crippen molar-refractivity contribution < 1.29 is 5.11 Å². The van der Waals surface area contributed by atoms with Crippen LogP contribution >= 0.6 is 0 Å². The minimum absolute atomic E-state index is 0.416. The van der Waals surface area contributed by atoms with Gasteiger partial charge in [-0.15, -0.1) is 0 Å². The van der Waals surface area contributed by atoms with Crippen LogP contribution < -0.4 is 0 Å². The lowest BCUT2D eigenvalue weighted by Gasteiger charge is -2.39. The first-order valence-corrected chi connectivity index (χ1v) is 8.77. The van der Waals surface area contributed by atoms with Gasteiger partial charge in [0.1, 0.15) is 0 Å². The Bertz CT molecular complexity index is 552. The van der Waals surface area contributed by atoms with E-state index in [4.69, 9.17) is 0 Å². The molecule has 1 N–H and O–H groups in total. The van der Waals surface area contributed by atoms with Gasteiger partial charge in [0.05, 0.1) is 5.60 Å². The number of aryl methyl sites for hydroxylation is 3. The summed E-state index contributed by atoms with van der Waals surface area (Å²) in [5.41, 5.74) is 5.06. The molecule has 2 bridgehead atoms. The van der Waals surface area contributed by atoms with Gasteiger partial charge in [-0.3, -0.25) is 0 Å². The highest BCUT2D eigenvalue weighted by Crippen LogP contribution is 2.63. The molecule has 1 aromatic carbocycles. The summed E-state index contributed by atoms with van der Waals surface area (Å²) in [4.78, 5) is 0. The third-order valence-electron chi connectivity index (χ3n) is 6.93. The number of fused-ring (bicyclic) bond motifs is 5. The van der Waals surface area contributed by atoms with Crippen LogP contribution in [0.25, 0.3) is 0 Å². The molecule has 0 amide bonds. The molecule has 4 rings (SSSR count). The van der Waals surface area contributed by atoms with Gasteiger partial charge < -0.3 is 5.11 Å². The average molecular weight is 284 g/mol. The number of aliphatic hydroxyl groups is 1. The van der Waals surface area contributed by atoms with Gasteiger partial charge in [-0.2, -0.15) is 0 Å². The lowest BCUT2D eigenvalue weighted by atomic mass is 9.70. The van der Waals surface area contributed by atoms with E-state index in [0.717, 1.165) is 30.6 Å². The van der Waals surface area contributed by atoms with Gasteiger partial charge in [0.25, 0.3) is 0 Å². The van der Waals surface area contributed by atoms with Crippen LogP contribution in [0.15, 0.2) is 12.1 Å². The Hall–Kier alpha value is -0.820. The monoisotopic (exact) mass is 284 g/mol. The fourth-order valence-corrected chi connectivity index (χ4v) is 6.23. The molecule has 5 atom stereocenters. The molecule has 3 aliphatic carbocycles. The fraction of sp³-hybridized carbons (Fsp3) is 0.700. The Balaban J connectivity index is 1.63. The van der Waals surface area contributed by atoms with E-state index in [-0.39, 0.29) is 0 Å². The molecule has 1 nitrogen and oxygen atoms in total. The van der Waals surface area contributed by atoms with Crippen molar-refractivity contribution >= 4 is 0 Å². The van der Waals surface area contributed by atoms with Gasteiger partial charge in [-0.25, -0.2) is 0 Å². The Morgan fingerprint density at radius 1 is 1.10 bits per heavy atom. The standard InChI is InChI=1S/C20H28O/c1-12-7-13(2)18(14(3)8-12)11-20(21)10-15-9-19(20)17-6-4-5-16(15)17/h7-8,15-17,19,21H,4-6,9-11H2,1-3H3. The summed E-state index contributed by atoms with van der Waals surface area (Å²) >= 11 is 0. The van der Waals surface area contributed by atoms with Gasteiger partial charge in [0.2, 0.25) is 0 Å². The highest BCUT2D eigenvalue weighted by Gasteiger charge is 2.60. The van der Waals surface area contributed by atoms with E-state index in [1.54, 1.807) is 0 Å². The SMILES string of the molecule is Cc1cc(C)c(CC2(O)CC3CC2C2CCCC32)c(C)c1. The van der Waals surface area contributed by atoms with Gasteiger partial charge in [-0.1, -0.05) is 24.1 Å². The maximum atomic E-state index is 11.4. The summed E-state index contributed by atoms with van der Waals surface area (Å²) in [6, 6.07) is 4.55. The molecular formula is C20H28O. The number of hydrogen-bond donors (Lipinski definition) is 1. The van der Waals surface area contributed by atoms with Gasteiger partial charge >= 0.3 is 0 Å². The minimum atomic E-state index is -0.416. The van der Waals surface area contributed by atoms with Crippen molar-refractivity contribution in [2.75, 3.05) is 0 Å². The van der Waals surface area contributed by atoms with E-state index in [9.17, 15) is 5.11 Å². The fourth-order valence-electron chi connectivity index (χ4n) is 6.23. The van der Waals surface area contributed by atoms with Crippen LogP contribution in [0.4, 0.5) is 0 Å². The maximum Gasteiger partial charge on any atom is 0.0721 e. The highest BCUT2D eigenvalue weighted by molar-refractivity contribution is 5.39. The maximum absolute atomic E-state index is 11.4. The number of hydrogen-bond acceptors (Lipinski definition) is 1. The molecule has 0 spiro atoms. The third-order valence-corrected chi connectivity index (χ3v) is 6.93. The zero-order valence-electron chi connectivity index (χ0n) is 13.7. The van der Waals surface area contributed by atoms with Crippen molar-refractivity contribution in [1.29, 1.82) is 0 Å². The third kappa shape index (κ3) is 2.00. The van der Waals surface area contributed by atoms with E-state index < -0.39 is 5.60 Å². The highest BCUT2D eigenvalue weighted by atomic mass is 16.3. The molecule has 114 valence electrons. The van der Waals surface area contributed by atoms with Crippen LogP contribution in [0, 0.1) is 44.4 Å².